The van der Waals surface area contributed by atoms with Crippen LogP contribution in [0.2, 0.25) is 5.02 Å². The van der Waals surface area contributed by atoms with Crippen LogP contribution in [0.15, 0.2) is 76.9 Å². The minimum Gasteiger partial charge on any atom is -0.507 e. The van der Waals surface area contributed by atoms with Crippen molar-refractivity contribution in [1.82, 2.24) is 4.90 Å². The first-order valence-corrected chi connectivity index (χ1v) is 11.1. The third-order valence-electron chi connectivity index (χ3n) is 5.41. The van der Waals surface area contributed by atoms with Crippen molar-refractivity contribution in [3.05, 3.63) is 94.4 Å². The zero-order valence-corrected chi connectivity index (χ0v) is 19.1. The van der Waals surface area contributed by atoms with Gasteiger partial charge in [0.1, 0.15) is 23.3 Å². The fourth-order valence-corrected chi connectivity index (χ4v) is 4.00. The third kappa shape index (κ3) is 4.81. The van der Waals surface area contributed by atoms with Crippen LogP contribution in [0.3, 0.4) is 0 Å². The normalized spacial score (nSPS) is 17.7. The molecule has 0 radical (unpaired) electrons. The Labute approximate surface area is 197 Å². The number of likely N-dealkylation sites (tertiary alicyclic amines) is 1. The lowest BCUT2D eigenvalue weighted by Gasteiger charge is -2.23. The second kappa shape index (κ2) is 9.55. The van der Waals surface area contributed by atoms with Crippen molar-refractivity contribution >= 4 is 29.1 Å². The van der Waals surface area contributed by atoms with E-state index in [0.717, 1.165) is 5.56 Å². The third-order valence-corrected chi connectivity index (χ3v) is 5.66. The number of nitrogens with zero attached hydrogens (tertiary/aromatic N) is 1. The lowest BCUT2D eigenvalue weighted by Crippen LogP contribution is -2.31. The highest BCUT2D eigenvalue weighted by atomic mass is 35.5. The number of hydrogen-bond donors (Lipinski definition) is 1. The number of amides is 1. The minimum atomic E-state index is -0.820. The van der Waals surface area contributed by atoms with Crippen LogP contribution in [0.5, 0.6) is 5.75 Å². The van der Waals surface area contributed by atoms with Gasteiger partial charge in [-0.25, -0.2) is 0 Å². The maximum atomic E-state index is 13.0. The van der Waals surface area contributed by atoms with E-state index in [9.17, 15) is 14.7 Å². The summed E-state index contributed by atoms with van der Waals surface area (Å²) < 4.78 is 11.2. The lowest BCUT2D eigenvalue weighted by atomic mass is 9.99. The van der Waals surface area contributed by atoms with Crippen LogP contribution < -0.4 is 4.74 Å². The Kier molecular flexibility index (Phi) is 6.56. The molecular weight excluding hydrogens is 442 g/mol. The second-order valence-corrected chi connectivity index (χ2v) is 8.51. The van der Waals surface area contributed by atoms with Crippen molar-refractivity contribution in [1.29, 1.82) is 0 Å². The average molecular weight is 466 g/mol. The smallest absolute Gasteiger partial charge is 0.295 e. The van der Waals surface area contributed by atoms with Gasteiger partial charge in [-0.3, -0.25) is 9.59 Å². The molecular formula is C26H24ClNO5. The zero-order valence-electron chi connectivity index (χ0n) is 18.3. The number of furan rings is 1. The number of hydrogen-bond acceptors (Lipinski definition) is 5. The van der Waals surface area contributed by atoms with Gasteiger partial charge >= 0.3 is 0 Å². The summed E-state index contributed by atoms with van der Waals surface area (Å²) in [6.45, 7) is 4.11. The van der Waals surface area contributed by atoms with E-state index in [4.69, 9.17) is 20.8 Å². The summed E-state index contributed by atoms with van der Waals surface area (Å²) in [6, 6.07) is 16.6. The maximum absolute atomic E-state index is 13.0. The SMILES string of the molecule is CC(C)Oc1ccc(/C(O)=C2/C(=O)C(=O)N(CCc3ccc(Cl)cc3)C2c2ccco2)cc1. The number of carbonyl (C=O) groups is 2. The predicted molar refractivity (Wildman–Crippen MR) is 125 cm³/mol. The summed E-state index contributed by atoms with van der Waals surface area (Å²) in [5.74, 6) is -0.613. The minimum absolute atomic E-state index is 0.00332. The second-order valence-electron chi connectivity index (χ2n) is 8.08. The molecule has 0 spiro atoms. The Morgan fingerprint density at radius 1 is 1.09 bits per heavy atom. The molecule has 4 rings (SSSR count). The molecule has 1 fully saturated rings. The van der Waals surface area contributed by atoms with Gasteiger partial charge in [0.25, 0.3) is 11.7 Å². The molecule has 6 nitrogen and oxygen atoms in total. The van der Waals surface area contributed by atoms with Crippen LogP contribution in [0.25, 0.3) is 5.76 Å². The van der Waals surface area contributed by atoms with Gasteiger partial charge in [-0.05, 0) is 74.4 Å². The van der Waals surface area contributed by atoms with E-state index < -0.39 is 17.7 Å². The summed E-state index contributed by atoms with van der Waals surface area (Å²) in [7, 11) is 0. The Morgan fingerprint density at radius 2 is 1.79 bits per heavy atom. The fourth-order valence-electron chi connectivity index (χ4n) is 3.87. The molecule has 1 aromatic heterocycles. The topological polar surface area (TPSA) is 80.0 Å². The molecule has 0 saturated carbocycles. The van der Waals surface area contributed by atoms with Crippen molar-refractivity contribution in [2.45, 2.75) is 32.4 Å². The van der Waals surface area contributed by atoms with Gasteiger partial charge in [0, 0.05) is 17.1 Å². The highest BCUT2D eigenvalue weighted by Gasteiger charge is 2.47. The number of ketones is 1. The first kappa shape index (κ1) is 22.7. The molecule has 1 saturated heterocycles. The van der Waals surface area contributed by atoms with E-state index >= 15 is 0 Å². The molecule has 1 amide bonds. The predicted octanol–water partition coefficient (Wildman–Crippen LogP) is 5.38. The quantitative estimate of drug-likeness (QED) is 0.287. The number of benzene rings is 2. The summed E-state index contributed by atoms with van der Waals surface area (Å²) in [5.41, 5.74) is 1.39. The van der Waals surface area contributed by atoms with E-state index in [1.165, 1.54) is 11.2 Å². The standard InChI is InChI=1S/C26H24ClNO5/c1-16(2)33-20-11-7-18(8-12-20)24(29)22-23(21-4-3-15-32-21)28(26(31)25(22)30)14-13-17-5-9-19(27)10-6-17/h3-12,15-16,23,29H,13-14H2,1-2H3/b24-22-. The number of aliphatic hydroxyl groups excluding tert-OH is 1. The van der Waals surface area contributed by atoms with E-state index in [1.54, 1.807) is 48.5 Å². The molecule has 33 heavy (non-hydrogen) atoms. The Bertz CT molecular complexity index is 1160. The van der Waals surface area contributed by atoms with Gasteiger partial charge in [0.2, 0.25) is 0 Å². The number of ether oxygens (including phenoxy) is 1. The highest BCUT2D eigenvalue weighted by Crippen LogP contribution is 2.39. The summed E-state index contributed by atoms with van der Waals surface area (Å²) in [6.07, 6.45) is 2.00. The molecule has 170 valence electrons. The van der Waals surface area contributed by atoms with Crippen molar-refractivity contribution in [2.24, 2.45) is 0 Å². The molecule has 1 atom stereocenters. The van der Waals surface area contributed by atoms with Crippen molar-refractivity contribution in [2.75, 3.05) is 6.54 Å². The number of Topliss-reactive ketones (excluding diaryl/α,β-unsaturated/α-hetero) is 1. The number of halogens is 1. The average Bonchev–Trinajstić information content (AvgIpc) is 3.40. The molecule has 0 aliphatic carbocycles. The van der Waals surface area contributed by atoms with Crippen LogP contribution in [0, 0.1) is 0 Å². The summed E-state index contributed by atoms with van der Waals surface area (Å²) in [4.78, 5) is 27.4. The number of rotatable bonds is 7. The highest BCUT2D eigenvalue weighted by molar-refractivity contribution is 6.46. The van der Waals surface area contributed by atoms with Crippen LogP contribution in [-0.4, -0.2) is 34.3 Å². The molecule has 1 aliphatic rings. The van der Waals surface area contributed by atoms with Crippen molar-refractivity contribution < 1.29 is 23.8 Å². The van der Waals surface area contributed by atoms with Gasteiger partial charge in [0.05, 0.1) is 17.9 Å². The van der Waals surface area contributed by atoms with E-state index in [0.29, 0.717) is 28.5 Å². The van der Waals surface area contributed by atoms with Gasteiger partial charge in [-0.1, -0.05) is 23.7 Å². The van der Waals surface area contributed by atoms with Crippen LogP contribution >= 0.6 is 11.6 Å². The van der Waals surface area contributed by atoms with Gasteiger partial charge in [0.15, 0.2) is 0 Å². The molecule has 2 aromatic carbocycles. The van der Waals surface area contributed by atoms with Gasteiger partial charge in [-0.2, -0.15) is 0 Å². The van der Waals surface area contributed by atoms with E-state index in [-0.39, 0.29) is 24.0 Å². The molecule has 1 N–H and O–H groups in total. The monoisotopic (exact) mass is 465 g/mol. The number of aliphatic hydroxyl groups is 1. The van der Waals surface area contributed by atoms with E-state index in [1.807, 2.05) is 26.0 Å². The first-order valence-electron chi connectivity index (χ1n) is 10.7. The van der Waals surface area contributed by atoms with Crippen molar-refractivity contribution in [3.8, 4) is 5.75 Å². The lowest BCUT2D eigenvalue weighted by molar-refractivity contribution is -0.140. The maximum Gasteiger partial charge on any atom is 0.295 e. The van der Waals surface area contributed by atoms with Gasteiger partial charge < -0.3 is 19.2 Å². The zero-order chi connectivity index (χ0) is 23.5. The summed E-state index contributed by atoms with van der Waals surface area (Å²) >= 11 is 5.96. The number of carbonyl (C=O) groups excluding carboxylic acids is 2. The Balaban J connectivity index is 1.68. The Hall–Kier alpha value is -3.51. The molecule has 7 heteroatoms. The van der Waals surface area contributed by atoms with Gasteiger partial charge in [-0.15, -0.1) is 0 Å². The van der Waals surface area contributed by atoms with Crippen LogP contribution in [0.4, 0.5) is 0 Å². The first-order chi connectivity index (χ1) is 15.8. The molecule has 0 bridgehead atoms. The van der Waals surface area contributed by atoms with Crippen LogP contribution in [-0.2, 0) is 16.0 Å². The molecule has 2 heterocycles. The molecule has 1 unspecified atom stereocenters. The van der Waals surface area contributed by atoms with E-state index in [2.05, 4.69) is 0 Å². The largest absolute Gasteiger partial charge is 0.507 e. The Morgan fingerprint density at radius 3 is 2.39 bits per heavy atom. The molecule has 1 aliphatic heterocycles. The van der Waals surface area contributed by atoms with Crippen LogP contribution in [0.1, 0.15) is 36.8 Å². The van der Waals surface area contributed by atoms with Crippen molar-refractivity contribution in [3.63, 3.8) is 0 Å². The molecule has 3 aromatic rings. The summed E-state index contributed by atoms with van der Waals surface area (Å²) in [5, 5.41) is 11.7. The fraction of sp³-hybridized carbons (Fsp3) is 0.231.